The molecule has 0 aromatic heterocycles. The highest BCUT2D eigenvalue weighted by Gasteiger charge is 2.31. The van der Waals surface area contributed by atoms with Gasteiger partial charge in [0.25, 0.3) is 0 Å². The van der Waals surface area contributed by atoms with Gasteiger partial charge in [-0.3, -0.25) is 9.69 Å². The molecule has 2 rings (SSSR count). The monoisotopic (exact) mass is 299 g/mol. The summed E-state index contributed by atoms with van der Waals surface area (Å²) in [7, 11) is 0. The summed E-state index contributed by atoms with van der Waals surface area (Å²) in [6.07, 6.45) is 6.35. The Hall–Kier alpha value is -1.10. The standard InChI is InChI=1S/C15H19F2NOS/c1-20-13-9-5-8-12(10-13)18(15(16)17)14(19)11-6-3-2-4-7-11/h5,8-11,15H,2-4,6-7H2,1H3. The molecule has 1 aliphatic carbocycles. The molecule has 1 aromatic carbocycles. The van der Waals surface area contributed by atoms with Gasteiger partial charge in [-0.05, 0) is 37.3 Å². The van der Waals surface area contributed by atoms with Crippen molar-refractivity contribution in [2.75, 3.05) is 11.2 Å². The maximum absolute atomic E-state index is 13.3. The van der Waals surface area contributed by atoms with E-state index in [-0.39, 0.29) is 5.92 Å². The Morgan fingerprint density at radius 3 is 2.60 bits per heavy atom. The van der Waals surface area contributed by atoms with Crippen molar-refractivity contribution in [3.05, 3.63) is 24.3 Å². The first-order valence-corrected chi connectivity index (χ1v) is 8.11. The number of benzene rings is 1. The first-order chi connectivity index (χ1) is 9.63. The third kappa shape index (κ3) is 3.51. The highest BCUT2D eigenvalue weighted by molar-refractivity contribution is 7.98. The van der Waals surface area contributed by atoms with Crippen LogP contribution < -0.4 is 4.90 Å². The number of anilines is 1. The molecule has 0 bridgehead atoms. The Bertz CT molecular complexity index is 461. The fourth-order valence-corrected chi connectivity index (χ4v) is 3.10. The molecule has 0 atom stereocenters. The van der Waals surface area contributed by atoms with Crippen molar-refractivity contribution in [2.24, 2.45) is 5.92 Å². The van der Waals surface area contributed by atoms with Crippen LogP contribution in [0.1, 0.15) is 32.1 Å². The van der Waals surface area contributed by atoms with Crippen LogP contribution in [0.3, 0.4) is 0 Å². The third-order valence-corrected chi connectivity index (χ3v) is 4.44. The topological polar surface area (TPSA) is 20.3 Å². The summed E-state index contributed by atoms with van der Waals surface area (Å²) in [6.45, 7) is -2.79. The van der Waals surface area contributed by atoms with Gasteiger partial charge in [0.2, 0.25) is 5.91 Å². The van der Waals surface area contributed by atoms with Crippen molar-refractivity contribution >= 4 is 23.4 Å². The first kappa shape index (κ1) is 15.3. The molecule has 110 valence electrons. The SMILES string of the molecule is CSc1cccc(N(C(=O)C2CCCCC2)C(F)F)c1. The van der Waals surface area contributed by atoms with E-state index in [9.17, 15) is 13.6 Å². The number of halogens is 2. The first-order valence-electron chi connectivity index (χ1n) is 6.88. The van der Waals surface area contributed by atoms with E-state index in [4.69, 9.17) is 0 Å². The normalized spacial score (nSPS) is 16.4. The quantitative estimate of drug-likeness (QED) is 0.601. The summed E-state index contributed by atoms with van der Waals surface area (Å²) in [5, 5.41) is 0. The highest BCUT2D eigenvalue weighted by Crippen LogP contribution is 2.30. The van der Waals surface area contributed by atoms with E-state index in [2.05, 4.69) is 0 Å². The minimum Gasteiger partial charge on any atom is -0.274 e. The van der Waals surface area contributed by atoms with Crippen LogP contribution in [0.5, 0.6) is 0 Å². The number of thioether (sulfide) groups is 1. The molecule has 0 saturated heterocycles. The van der Waals surface area contributed by atoms with Crippen LogP contribution in [0.2, 0.25) is 0 Å². The molecule has 1 fully saturated rings. The summed E-state index contributed by atoms with van der Waals surface area (Å²) in [4.78, 5) is 13.9. The number of nitrogens with zero attached hydrogens (tertiary/aromatic N) is 1. The molecule has 1 amide bonds. The summed E-state index contributed by atoms with van der Waals surface area (Å²) < 4.78 is 26.6. The van der Waals surface area contributed by atoms with Gasteiger partial charge in [0, 0.05) is 10.8 Å². The smallest absolute Gasteiger partial charge is 0.274 e. The number of hydrogen-bond donors (Lipinski definition) is 0. The van der Waals surface area contributed by atoms with Crippen LogP contribution in [0, 0.1) is 5.92 Å². The molecule has 1 saturated carbocycles. The molecule has 1 aromatic rings. The molecule has 20 heavy (non-hydrogen) atoms. The average molecular weight is 299 g/mol. The summed E-state index contributed by atoms with van der Waals surface area (Å²) in [5.41, 5.74) is 0.294. The van der Waals surface area contributed by atoms with Gasteiger partial charge in [-0.2, -0.15) is 8.78 Å². The van der Waals surface area contributed by atoms with Crippen molar-refractivity contribution in [3.8, 4) is 0 Å². The molecule has 5 heteroatoms. The van der Waals surface area contributed by atoms with Crippen LogP contribution in [-0.2, 0) is 4.79 Å². The van der Waals surface area contributed by atoms with E-state index in [1.165, 1.54) is 11.8 Å². The second kappa shape index (κ2) is 7.07. The van der Waals surface area contributed by atoms with Gasteiger partial charge in [-0.25, -0.2) is 0 Å². The zero-order valence-corrected chi connectivity index (χ0v) is 12.3. The lowest BCUT2D eigenvalue weighted by atomic mass is 9.88. The van der Waals surface area contributed by atoms with E-state index in [0.717, 1.165) is 37.0 Å². The minimum absolute atomic E-state index is 0.254. The van der Waals surface area contributed by atoms with E-state index >= 15 is 0 Å². The van der Waals surface area contributed by atoms with Gasteiger partial charge in [0.1, 0.15) is 0 Å². The lowest BCUT2D eigenvalue weighted by molar-refractivity contribution is -0.125. The largest absolute Gasteiger partial charge is 0.321 e. The summed E-state index contributed by atoms with van der Waals surface area (Å²) in [5.74, 6) is -0.686. The van der Waals surface area contributed by atoms with E-state index in [1.54, 1.807) is 18.2 Å². The predicted molar refractivity (Wildman–Crippen MR) is 78.3 cm³/mol. The van der Waals surface area contributed by atoms with Gasteiger partial charge in [-0.1, -0.05) is 25.3 Å². The van der Waals surface area contributed by atoms with Crippen molar-refractivity contribution in [1.29, 1.82) is 0 Å². The molecule has 1 aliphatic rings. The number of carbonyl (C=O) groups is 1. The zero-order valence-electron chi connectivity index (χ0n) is 11.5. The average Bonchev–Trinajstić information content (AvgIpc) is 2.48. The van der Waals surface area contributed by atoms with Crippen LogP contribution in [-0.4, -0.2) is 18.7 Å². The number of alkyl halides is 2. The molecule has 0 heterocycles. The Morgan fingerprint density at radius 2 is 2.00 bits per heavy atom. The maximum Gasteiger partial charge on any atom is 0.321 e. The van der Waals surface area contributed by atoms with Gasteiger partial charge in [-0.15, -0.1) is 11.8 Å². The second-order valence-corrected chi connectivity index (χ2v) is 5.90. The lowest BCUT2D eigenvalue weighted by Gasteiger charge is -2.28. The van der Waals surface area contributed by atoms with Gasteiger partial charge in [0.15, 0.2) is 0 Å². The van der Waals surface area contributed by atoms with Gasteiger partial charge < -0.3 is 0 Å². The minimum atomic E-state index is -2.79. The van der Waals surface area contributed by atoms with Crippen LogP contribution >= 0.6 is 11.8 Å². The molecule has 0 radical (unpaired) electrons. The van der Waals surface area contributed by atoms with E-state index in [1.807, 2.05) is 12.3 Å². The third-order valence-electron chi connectivity index (χ3n) is 3.72. The van der Waals surface area contributed by atoms with Crippen LogP contribution in [0.4, 0.5) is 14.5 Å². The zero-order chi connectivity index (χ0) is 14.5. The Labute approximate surface area is 122 Å². The number of hydrogen-bond acceptors (Lipinski definition) is 2. The molecule has 2 nitrogen and oxygen atoms in total. The molecule has 0 unspecified atom stereocenters. The second-order valence-electron chi connectivity index (χ2n) is 5.02. The van der Waals surface area contributed by atoms with E-state index in [0.29, 0.717) is 10.6 Å². The number of amides is 1. The van der Waals surface area contributed by atoms with Crippen LogP contribution in [0.25, 0.3) is 0 Å². The van der Waals surface area contributed by atoms with Crippen molar-refractivity contribution in [1.82, 2.24) is 0 Å². The molecule has 0 aliphatic heterocycles. The molecule has 0 spiro atoms. The van der Waals surface area contributed by atoms with Gasteiger partial charge in [0.05, 0.1) is 5.69 Å². The summed E-state index contributed by atoms with van der Waals surface area (Å²) in [6, 6.07) is 6.79. The molecular formula is C15H19F2NOS. The molecule has 0 N–H and O–H groups in total. The number of carbonyl (C=O) groups excluding carboxylic acids is 1. The molecular weight excluding hydrogens is 280 g/mol. The Kier molecular flexibility index (Phi) is 5.40. The number of rotatable bonds is 4. The Balaban J connectivity index is 2.23. The van der Waals surface area contributed by atoms with Crippen molar-refractivity contribution < 1.29 is 13.6 Å². The van der Waals surface area contributed by atoms with Crippen molar-refractivity contribution in [2.45, 2.75) is 43.5 Å². The van der Waals surface area contributed by atoms with Crippen molar-refractivity contribution in [3.63, 3.8) is 0 Å². The fourth-order valence-electron chi connectivity index (χ4n) is 2.64. The Morgan fingerprint density at radius 1 is 1.30 bits per heavy atom. The predicted octanol–water partition coefficient (Wildman–Crippen LogP) is 4.54. The lowest BCUT2D eigenvalue weighted by Crippen LogP contribution is -2.40. The van der Waals surface area contributed by atoms with Crippen LogP contribution in [0.15, 0.2) is 29.2 Å². The fraction of sp³-hybridized carbons (Fsp3) is 0.533. The van der Waals surface area contributed by atoms with E-state index < -0.39 is 12.5 Å². The van der Waals surface area contributed by atoms with Gasteiger partial charge >= 0.3 is 6.55 Å². The highest BCUT2D eigenvalue weighted by atomic mass is 32.2. The summed E-state index contributed by atoms with van der Waals surface area (Å²) >= 11 is 1.48. The maximum atomic E-state index is 13.3.